The van der Waals surface area contributed by atoms with E-state index >= 15 is 0 Å². The molecule has 1 heterocycles. The van der Waals surface area contributed by atoms with Crippen LogP contribution in [0.1, 0.15) is 37.7 Å². The largest absolute Gasteiger partial charge is 0.377 e. The number of nitrogens with one attached hydrogen (secondary N) is 1. The number of hydrogen-bond acceptors (Lipinski definition) is 2. The summed E-state index contributed by atoms with van der Waals surface area (Å²) < 4.78 is 5.99. The average molecular weight is 245 g/mol. The van der Waals surface area contributed by atoms with Crippen molar-refractivity contribution in [2.24, 2.45) is 5.92 Å². The molecule has 2 heteroatoms. The van der Waals surface area contributed by atoms with Gasteiger partial charge in [-0.25, -0.2) is 0 Å². The van der Waals surface area contributed by atoms with Crippen molar-refractivity contribution in [3.8, 4) is 0 Å². The molecule has 98 valence electrons. The predicted molar refractivity (Wildman–Crippen MR) is 73.7 cm³/mol. The molecule has 18 heavy (non-hydrogen) atoms. The Morgan fingerprint density at radius 3 is 2.72 bits per heavy atom. The molecule has 1 saturated carbocycles. The minimum atomic E-state index is 0.388. The van der Waals surface area contributed by atoms with Crippen LogP contribution in [0.15, 0.2) is 30.3 Å². The second-order valence-corrected chi connectivity index (χ2v) is 5.77. The summed E-state index contributed by atoms with van der Waals surface area (Å²) in [5.74, 6) is 1.18. The molecule has 3 rings (SSSR count). The standard InChI is InChI=1S/C16H23NO/c1-12(13-5-3-2-4-6-13)16-14(9-10-18-16)11-17-15-7-8-15/h2-6,12,14-17H,7-11H2,1H3. The topological polar surface area (TPSA) is 21.3 Å². The second-order valence-electron chi connectivity index (χ2n) is 5.77. The maximum absolute atomic E-state index is 5.99. The van der Waals surface area contributed by atoms with Gasteiger partial charge in [0.2, 0.25) is 0 Å². The second kappa shape index (κ2) is 5.41. The summed E-state index contributed by atoms with van der Waals surface area (Å²) in [5, 5.41) is 3.65. The van der Waals surface area contributed by atoms with Crippen LogP contribution in [0.25, 0.3) is 0 Å². The first-order valence-corrected chi connectivity index (χ1v) is 7.24. The van der Waals surface area contributed by atoms with Crippen LogP contribution in [0.3, 0.4) is 0 Å². The third-order valence-electron chi connectivity index (χ3n) is 4.33. The van der Waals surface area contributed by atoms with E-state index in [4.69, 9.17) is 4.74 Å². The molecule has 1 aromatic carbocycles. The highest BCUT2D eigenvalue weighted by atomic mass is 16.5. The van der Waals surface area contributed by atoms with E-state index in [-0.39, 0.29) is 0 Å². The van der Waals surface area contributed by atoms with Gasteiger partial charge in [-0.05, 0) is 24.8 Å². The van der Waals surface area contributed by atoms with Gasteiger partial charge in [0, 0.05) is 31.0 Å². The van der Waals surface area contributed by atoms with Crippen molar-refractivity contribution in [3.05, 3.63) is 35.9 Å². The first-order valence-electron chi connectivity index (χ1n) is 7.24. The van der Waals surface area contributed by atoms with Gasteiger partial charge in [-0.1, -0.05) is 37.3 Å². The lowest BCUT2D eigenvalue weighted by atomic mass is 9.87. The van der Waals surface area contributed by atoms with E-state index < -0.39 is 0 Å². The molecule has 0 bridgehead atoms. The van der Waals surface area contributed by atoms with E-state index in [1.54, 1.807) is 0 Å². The minimum absolute atomic E-state index is 0.388. The van der Waals surface area contributed by atoms with E-state index in [0.717, 1.165) is 19.2 Å². The van der Waals surface area contributed by atoms with E-state index in [1.807, 2.05) is 0 Å². The SMILES string of the molecule is CC(c1ccccc1)C1OCCC1CNC1CC1. The van der Waals surface area contributed by atoms with Crippen molar-refractivity contribution in [2.45, 2.75) is 44.2 Å². The molecule has 3 atom stereocenters. The molecule has 1 N–H and O–H groups in total. The van der Waals surface area contributed by atoms with Gasteiger partial charge in [0.25, 0.3) is 0 Å². The van der Waals surface area contributed by atoms with E-state index in [0.29, 0.717) is 17.9 Å². The van der Waals surface area contributed by atoms with Crippen LogP contribution >= 0.6 is 0 Å². The number of benzene rings is 1. The highest BCUT2D eigenvalue weighted by Gasteiger charge is 2.34. The van der Waals surface area contributed by atoms with Crippen molar-refractivity contribution in [1.29, 1.82) is 0 Å². The Kier molecular flexibility index (Phi) is 3.67. The lowest BCUT2D eigenvalue weighted by molar-refractivity contribution is 0.0718. The van der Waals surface area contributed by atoms with Crippen LogP contribution in [0.4, 0.5) is 0 Å². The zero-order valence-corrected chi connectivity index (χ0v) is 11.1. The van der Waals surface area contributed by atoms with Gasteiger partial charge < -0.3 is 10.1 Å². The zero-order chi connectivity index (χ0) is 12.4. The van der Waals surface area contributed by atoms with Crippen LogP contribution in [0.2, 0.25) is 0 Å². The molecule has 0 spiro atoms. The fourth-order valence-corrected chi connectivity index (χ4v) is 2.98. The maximum Gasteiger partial charge on any atom is 0.0681 e. The molecule has 0 radical (unpaired) electrons. The lowest BCUT2D eigenvalue weighted by Gasteiger charge is -2.25. The Bertz CT molecular complexity index is 374. The Morgan fingerprint density at radius 2 is 2.00 bits per heavy atom. The fourth-order valence-electron chi connectivity index (χ4n) is 2.98. The van der Waals surface area contributed by atoms with Gasteiger partial charge in [-0.2, -0.15) is 0 Å². The average Bonchev–Trinajstić information content (AvgIpc) is 3.14. The Morgan fingerprint density at radius 1 is 1.22 bits per heavy atom. The van der Waals surface area contributed by atoms with Gasteiger partial charge >= 0.3 is 0 Å². The van der Waals surface area contributed by atoms with Crippen LogP contribution in [0, 0.1) is 5.92 Å². The van der Waals surface area contributed by atoms with Crippen molar-refractivity contribution < 1.29 is 4.74 Å². The van der Waals surface area contributed by atoms with Crippen molar-refractivity contribution in [1.82, 2.24) is 5.32 Å². The number of rotatable bonds is 5. The zero-order valence-electron chi connectivity index (χ0n) is 11.1. The first-order chi connectivity index (χ1) is 8.84. The molecule has 1 saturated heterocycles. The number of hydrogen-bond donors (Lipinski definition) is 1. The van der Waals surface area contributed by atoms with Crippen LogP contribution in [0.5, 0.6) is 0 Å². The molecule has 3 unspecified atom stereocenters. The Balaban J connectivity index is 1.62. The predicted octanol–water partition coefficient (Wildman–Crippen LogP) is 2.95. The summed E-state index contributed by atoms with van der Waals surface area (Å²) in [6.45, 7) is 4.36. The summed E-state index contributed by atoms with van der Waals surface area (Å²) in [6.07, 6.45) is 4.33. The summed E-state index contributed by atoms with van der Waals surface area (Å²) >= 11 is 0. The van der Waals surface area contributed by atoms with E-state index in [2.05, 4.69) is 42.6 Å². The van der Waals surface area contributed by atoms with E-state index in [1.165, 1.54) is 24.8 Å². The van der Waals surface area contributed by atoms with Gasteiger partial charge in [0.05, 0.1) is 6.10 Å². The molecule has 2 aliphatic rings. The van der Waals surface area contributed by atoms with Gasteiger partial charge in [0.1, 0.15) is 0 Å². The third-order valence-corrected chi connectivity index (χ3v) is 4.33. The lowest BCUT2D eigenvalue weighted by Crippen LogP contribution is -2.32. The quantitative estimate of drug-likeness (QED) is 0.861. The summed E-state index contributed by atoms with van der Waals surface area (Å²) in [4.78, 5) is 0. The fraction of sp³-hybridized carbons (Fsp3) is 0.625. The highest BCUT2D eigenvalue weighted by molar-refractivity contribution is 5.20. The molecule has 2 fully saturated rings. The molecule has 1 aromatic rings. The Hall–Kier alpha value is -0.860. The molecule has 1 aliphatic heterocycles. The molecular formula is C16H23NO. The van der Waals surface area contributed by atoms with Gasteiger partial charge in [0.15, 0.2) is 0 Å². The molecule has 1 aliphatic carbocycles. The normalized spacial score (nSPS) is 29.4. The minimum Gasteiger partial charge on any atom is -0.377 e. The molecule has 2 nitrogen and oxygen atoms in total. The smallest absolute Gasteiger partial charge is 0.0681 e. The van der Waals surface area contributed by atoms with Crippen LogP contribution in [-0.4, -0.2) is 25.3 Å². The third kappa shape index (κ3) is 2.76. The monoisotopic (exact) mass is 245 g/mol. The summed E-state index contributed by atoms with van der Waals surface area (Å²) in [5.41, 5.74) is 1.40. The van der Waals surface area contributed by atoms with E-state index in [9.17, 15) is 0 Å². The van der Waals surface area contributed by atoms with Crippen LogP contribution in [-0.2, 0) is 4.74 Å². The highest BCUT2D eigenvalue weighted by Crippen LogP contribution is 2.33. The Labute approximate surface area is 110 Å². The van der Waals surface area contributed by atoms with Crippen molar-refractivity contribution in [3.63, 3.8) is 0 Å². The number of ether oxygens (including phenoxy) is 1. The van der Waals surface area contributed by atoms with Gasteiger partial charge in [-0.15, -0.1) is 0 Å². The van der Waals surface area contributed by atoms with Gasteiger partial charge in [-0.3, -0.25) is 0 Å². The maximum atomic E-state index is 5.99. The van der Waals surface area contributed by atoms with Crippen LogP contribution < -0.4 is 5.32 Å². The molecule has 0 amide bonds. The van der Waals surface area contributed by atoms with Crippen molar-refractivity contribution >= 4 is 0 Å². The summed E-state index contributed by atoms with van der Waals surface area (Å²) in [6, 6.07) is 11.6. The first kappa shape index (κ1) is 12.2. The molecular weight excluding hydrogens is 222 g/mol. The summed E-state index contributed by atoms with van der Waals surface area (Å²) in [7, 11) is 0. The molecule has 0 aromatic heterocycles. The van der Waals surface area contributed by atoms with Crippen molar-refractivity contribution in [2.75, 3.05) is 13.2 Å².